The average Bonchev–Trinajstić information content (AvgIpc) is 2.70. The molecule has 6 heteroatoms. The second kappa shape index (κ2) is 8.45. The maximum Gasteiger partial charge on any atom is 0.243 e. The summed E-state index contributed by atoms with van der Waals surface area (Å²) < 4.78 is 27.6. The van der Waals surface area contributed by atoms with Gasteiger partial charge in [-0.05, 0) is 56.4 Å². The molecule has 0 bridgehead atoms. The summed E-state index contributed by atoms with van der Waals surface area (Å²) in [6.07, 6.45) is 1.08. The Morgan fingerprint density at radius 2 is 1.71 bits per heavy atom. The molecular weight excluding hydrogens is 372 g/mol. The van der Waals surface area contributed by atoms with Crippen molar-refractivity contribution in [3.8, 4) is 0 Å². The van der Waals surface area contributed by atoms with E-state index in [2.05, 4.69) is 5.32 Å². The largest absolute Gasteiger partial charge is 0.349 e. The van der Waals surface area contributed by atoms with Gasteiger partial charge in [-0.15, -0.1) is 0 Å². The maximum atomic E-state index is 13.0. The molecule has 1 heterocycles. The summed E-state index contributed by atoms with van der Waals surface area (Å²) in [4.78, 5) is 13.0. The van der Waals surface area contributed by atoms with Crippen molar-refractivity contribution < 1.29 is 13.2 Å². The smallest absolute Gasteiger partial charge is 0.243 e. The van der Waals surface area contributed by atoms with Gasteiger partial charge in [-0.2, -0.15) is 4.31 Å². The van der Waals surface area contributed by atoms with Gasteiger partial charge in [0.1, 0.15) is 0 Å². The van der Waals surface area contributed by atoms with Crippen molar-refractivity contribution >= 4 is 15.9 Å². The van der Waals surface area contributed by atoms with Crippen LogP contribution in [0.25, 0.3) is 0 Å². The molecule has 0 spiro atoms. The Morgan fingerprint density at radius 3 is 2.36 bits per heavy atom. The number of nitrogens with one attached hydrogen (secondary N) is 1. The lowest BCUT2D eigenvalue weighted by atomic mass is 9.96. The summed E-state index contributed by atoms with van der Waals surface area (Å²) in [5, 5.41) is 3.06. The Labute approximate surface area is 167 Å². The minimum Gasteiger partial charge on any atom is -0.349 e. The highest BCUT2D eigenvalue weighted by Gasteiger charge is 2.33. The fraction of sp³-hybridized carbons (Fsp3) is 0.409. The number of hydrogen-bond donors (Lipinski definition) is 1. The van der Waals surface area contributed by atoms with Gasteiger partial charge in [-0.1, -0.05) is 42.5 Å². The lowest BCUT2D eigenvalue weighted by Crippen LogP contribution is -2.43. The molecule has 0 radical (unpaired) electrons. The molecule has 1 aliphatic heterocycles. The quantitative estimate of drug-likeness (QED) is 0.834. The normalized spacial score (nSPS) is 17.2. The van der Waals surface area contributed by atoms with Crippen LogP contribution in [0.2, 0.25) is 0 Å². The number of carbonyl (C=O) groups excluding carboxylic acids is 1. The number of aryl methyl sites for hydroxylation is 2. The second-order valence-corrected chi connectivity index (χ2v) is 9.49. The molecule has 0 aliphatic carbocycles. The standard InChI is InChI=1S/C22H28N2O3S/c1-16-9-10-17(2)21(15-16)28(26,27)24-13-11-20(12-14-24)22(25)23-18(3)19-7-5-4-6-8-19/h4-10,15,18,20H,11-14H2,1-3H3,(H,23,25). The molecule has 2 aromatic carbocycles. The minimum absolute atomic E-state index is 0.000127. The monoisotopic (exact) mass is 400 g/mol. The van der Waals surface area contributed by atoms with Crippen LogP contribution in [0.1, 0.15) is 42.5 Å². The second-order valence-electron chi connectivity index (χ2n) is 7.59. The molecule has 28 heavy (non-hydrogen) atoms. The summed E-state index contributed by atoms with van der Waals surface area (Å²) in [5.41, 5.74) is 2.74. The molecule has 150 valence electrons. The van der Waals surface area contributed by atoms with Gasteiger partial charge in [0, 0.05) is 19.0 Å². The van der Waals surface area contributed by atoms with Crippen molar-refractivity contribution in [3.63, 3.8) is 0 Å². The Kier molecular flexibility index (Phi) is 6.20. The van der Waals surface area contributed by atoms with Gasteiger partial charge in [0.15, 0.2) is 0 Å². The number of sulfonamides is 1. The molecule has 0 aromatic heterocycles. The third kappa shape index (κ3) is 4.45. The van der Waals surface area contributed by atoms with E-state index in [1.165, 1.54) is 4.31 Å². The topological polar surface area (TPSA) is 66.5 Å². The molecule has 1 aliphatic rings. The van der Waals surface area contributed by atoms with E-state index in [9.17, 15) is 13.2 Å². The highest BCUT2D eigenvalue weighted by molar-refractivity contribution is 7.89. The van der Waals surface area contributed by atoms with E-state index >= 15 is 0 Å². The molecule has 3 rings (SSSR count). The molecule has 1 fully saturated rings. The average molecular weight is 401 g/mol. The molecular formula is C22H28N2O3S. The number of carbonyl (C=O) groups is 1. The third-order valence-electron chi connectivity index (χ3n) is 5.44. The molecule has 1 saturated heterocycles. The zero-order valence-corrected chi connectivity index (χ0v) is 17.5. The first-order valence-corrected chi connectivity index (χ1v) is 11.2. The van der Waals surface area contributed by atoms with Crippen LogP contribution < -0.4 is 5.32 Å². The number of amides is 1. The Hall–Kier alpha value is -2.18. The van der Waals surface area contributed by atoms with Crippen LogP contribution in [0, 0.1) is 19.8 Å². The van der Waals surface area contributed by atoms with E-state index in [0.717, 1.165) is 16.7 Å². The van der Waals surface area contributed by atoms with Crippen LogP contribution in [0.15, 0.2) is 53.4 Å². The zero-order chi connectivity index (χ0) is 20.3. The van der Waals surface area contributed by atoms with Crippen molar-refractivity contribution in [2.45, 2.75) is 44.6 Å². The molecule has 1 unspecified atom stereocenters. The van der Waals surface area contributed by atoms with E-state index in [1.54, 1.807) is 6.07 Å². The first-order chi connectivity index (χ1) is 13.3. The lowest BCUT2D eigenvalue weighted by Gasteiger charge is -2.31. The first-order valence-electron chi connectivity index (χ1n) is 9.72. The van der Waals surface area contributed by atoms with Crippen LogP contribution in [0.5, 0.6) is 0 Å². The van der Waals surface area contributed by atoms with Crippen LogP contribution in [0.4, 0.5) is 0 Å². The third-order valence-corrected chi connectivity index (χ3v) is 7.49. The Bertz CT molecular complexity index is 934. The number of hydrogen-bond acceptors (Lipinski definition) is 3. The predicted molar refractivity (Wildman–Crippen MR) is 110 cm³/mol. The van der Waals surface area contributed by atoms with E-state index in [-0.39, 0.29) is 17.9 Å². The van der Waals surface area contributed by atoms with E-state index in [1.807, 2.05) is 63.2 Å². The fourth-order valence-electron chi connectivity index (χ4n) is 3.64. The van der Waals surface area contributed by atoms with Gasteiger partial charge >= 0.3 is 0 Å². The number of nitrogens with zero attached hydrogens (tertiary/aromatic N) is 1. The minimum atomic E-state index is -3.53. The number of piperidine rings is 1. The van der Waals surface area contributed by atoms with Gasteiger partial charge in [-0.3, -0.25) is 4.79 Å². The zero-order valence-electron chi connectivity index (χ0n) is 16.7. The molecule has 1 N–H and O–H groups in total. The van der Waals surface area contributed by atoms with Crippen molar-refractivity contribution in [1.82, 2.24) is 9.62 Å². The molecule has 1 amide bonds. The summed E-state index contributed by atoms with van der Waals surface area (Å²) in [6.45, 7) is 6.41. The van der Waals surface area contributed by atoms with Crippen LogP contribution in [0.3, 0.4) is 0 Å². The summed E-state index contributed by atoms with van der Waals surface area (Å²) >= 11 is 0. The highest BCUT2D eigenvalue weighted by atomic mass is 32.2. The van der Waals surface area contributed by atoms with Gasteiger partial charge in [0.2, 0.25) is 15.9 Å². The number of benzene rings is 2. The lowest BCUT2D eigenvalue weighted by molar-refractivity contribution is -0.126. The Balaban J connectivity index is 1.62. The van der Waals surface area contributed by atoms with E-state index < -0.39 is 10.0 Å². The van der Waals surface area contributed by atoms with Crippen molar-refractivity contribution in [1.29, 1.82) is 0 Å². The summed E-state index contributed by atoms with van der Waals surface area (Å²) in [5.74, 6) is -0.156. The fourth-order valence-corrected chi connectivity index (χ4v) is 5.42. The van der Waals surface area contributed by atoms with Gasteiger partial charge < -0.3 is 5.32 Å². The molecule has 5 nitrogen and oxygen atoms in total. The van der Waals surface area contributed by atoms with Crippen LogP contribution >= 0.6 is 0 Å². The van der Waals surface area contributed by atoms with Gasteiger partial charge in [0.25, 0.3) is 0 Å². The summed E-state index contributed by atoms with van der Waals surface area (Å²) in [7, 11) is -3.53. The highest BCUT2D eigenvalue weighted by Crippen LogP contribution is 2.27. The van der Waals surface area contributed by atoms with Gasteiger partial charge in [0.05, 0.1) is 10.9 Å². The van der Waals surface area contributed by atoms with Crippen molar-refractivity contribution in [2.75, 3.05) is 13.1 Å². The first kappa shape index (κ1) is 20.6. The van der Waals surface area contributed by atoms with Gasteiger partial charge in [-0.25, -0.2) is 8.42 Å². The summed E-state index contributed by atoms with van der Waals surface area (Å²) in [6, 6.07) is 15.3. The Morgan fingerprint density at radius 1 is 1.07 bits per heavy atom. The van der Waals surface area contributed by atoms with Crippen LogP contribution in [-0.4, -0.2) is 31.7 Å². The molecule has 0 saturated carbocycles. The molecule has 1 atom stereocenters. The molecule has 2 aromatic rings. The van der Waals surface area contributed by atoms with Crippen molar-refractivity contribution in [2.24, 2.45) is 5.92 Å². The maximum absolute atomic E-state index is 13.0. The predicted octanol–water partition coefficient (Wildman–Crippen LogP) is 3.58. The van der Waals surface area contributed by atoms with Crippen molar-refractivity contribution in [3.05, 3.63) is 65.2 Å². The van der Waals surface area contributed by atoms with E-state index in [0.29, 0.717) is 30.8 Å². The SMILES string of the molecule is Cc1ccc(C)c(S(=O)(=O)N2CCC(C(=O)NC(C)c3ccccc3)CC2)c1. The van der Waals surface area contributed by atoms with Crippen LogP contribution in [-0.2, 0) is 14.8 Å². The van der Waals surface area contributed by atoms with E-state index in [4.69, 9.17) is 0 Å². The number of rotatable bonds is 5.